The molecule has 1 aromatic carbocycles. The standard InChI is InChI=1S/C25H23N3S/c1-16-8-10-19(11-9-16)21(14-26)13-20-12-17(2)28(18(20)3)25-23(15-27)22-6-4-5-7-24(22)29-25/h8-13H,4-7H2,1-3H3/b21-13-. The highest BCUT2D eigenvalue weighted by Gasteiger charge is 2.23. The van der Waals surface area contributed by atoms with Crippen LogP contribution in [0.2, 0.25) is 0 Å². The minimum Gasteiger partial charge on any atom is -0.308 e. The zero-order valence-electron chi connectivity index (χ0n) is 17.0. The van der Waals surface area contributed by atoms with Crippen LogP contribution in [0.1, 0.15) is 56.9 Å². The minimum atomic E-state index is 0.649. The molecule has 1 aliphatic carbocycles. The van der Waals surface area contributed by atoms with Crippen molar-refractivity contribution in [3.63, 3.8) is 0 Å². The Morgan fingerprint density at radius 3 is 2.48 bits per heavy atom. The van der Waals surface area contributed by atoms with Crippen molar-refractivity contribution in [3.8, 4) is 17.1 Å². The van der Waals surface area contributed by atoms with Crippen LogP contribution in [0.15, 0.2) is 30.3 Å². The molecule has 0 saturated carbocycles. The van der Waals surface area contributed by atoms with Crippen LogP contribution in [0.25, 0.3) is 16.7 Å². The van der Waals surface area contributed by atoms with E-state index in [1.54, 1.807) is 11.3 Å². The smallest absolute Gasteiger partial charge is 0.118 e. The summed E-state index contributed by atoms with van der Waals surface area (Å²) >= 11 is 1.76. The monoisotopic (exact) mass is 397 g/mol. The lowest BCUT2D eigenvalue weighted by molar-refractivity contribution is 0.695. The molecule has 0 aliphatic heterocycles. The molecule has 0 atom stereocenters. The number of benzene rings is 1. The SMILES string of the molecule is Cc1ccc(/C(C#N)=C\c2cc(C)n(-c3sc4c(c3C#N)CCCC4)c2C)cc1. The summed E-state index contributed by atoms with van der Waals surface area (Å²) in [7, 11) is 0. The van der Waals surface area contributed by atoms with Gasteiger partial charge in [-0.2, -0.15) is 10.5 Å². The predicted molar refractivity (Wildman–Crippen MR) is 119 cm³/mol. The molecule has 4 rings (SSSR count). The average molecular weight is 398 g/mol. The lowest BCUT2D eigenvalue weighted by atomic mass is 9.96. The van der Waals surface area contributed by atoms with Gasteiger partial charge in [0.25, 0.3) is 0 Å². The number of nitriles is 2. The van der Waals surface area contributed by atoms with E-state index < -0.39 is 0 Å². The van der Waals surface area contributed by atoms with E-state index in [-0.39, 0.29) is 0 Å². The van der Waals surface area contributed by atoms with Crippen LogP contribution < -0.4 is 0 Å². The van der Waals surface area contributed by atoms with Crippen molar-refractivity contribution in [2.75, 3.05) is 0 Å². The van der Waals surface area contributed by atoms with E-state index in [4.69, 9.17) is 0 Å². The summed E-state index contributed by atoms with van der Waals surface area (Å²) < 4.78 is 2.19. The quantitative estimate of drug-likeness (QED) is 0.488. The first-order valence-electron chi connectivity index (χ1n) is 9.96. The lowest BCUT2D eigenvalue weighted by Gasteiger charge is -2.10. The van der Waals surface area contributed by atoms with Gasteiger partial charge in [0.05, 0.1) is 17.2 Å². The Balaban J connectivity index is 1.82. The Bertz CT molecular complexity index is 1190. The molecule has 0 radical (unpaired) electrons. The minimum absolute atomic E-state index is 0.649. The van der Waals surface area contributed by atoms with Gasteiger partial charge in [-0.15, -0.1) is 11.3 Å². The second-order valence-electron chi connectivity index (χ2n) is 7.70. The molecule has 2 heterocycles. The predicted octanol–water partition coefficient (Wildman–Crippen LogP) is 6.28. The molecule has 0 saturated heterocycles. The van der Waals surface area contributed by atoms with Crippen molar-refractivity contribution in [3.05, 3.63) is 74.4 Å². The molecule has 0 N–H and O–H groups in total. The third-order valence-electron chi connectivity index (χ3n) is 5.72. The maximum absolute atomic E-state index is 9.86. The van der Waals surface area contributed by atoms with Crippen molar-refractivity contribution in [1.82, 2.24) is 4.57 Å². The molecule has 4 heteroatoms. The fourth-order valence-corrected chi connectivity index (χ4v) is 5.59. The van der Waals surface area contributed by atoms with Crippen LogP contribution in [0.3, 0.4) is 0 Å². The van der Waals surface area contributed by atoms with Gasteiger partial charge in [0.15, 0.2) is 0 Å². The Kier molecular flexibility index (Phi) is 5.14. The molecule has 0 unspecified atom stereocenters. The van der Waals surface area contributed by atoms with Crippen molar-refractivity contribution in [2.24, 2.45) is 0 Å². The molecule has 3 nitrogen and oxygen atoms in total. The second-order valence-corrected chi connectivity index (χ2v) is 8.78. The van der Waals surface area contributed by atoms with E-state index in [0.29, 0.717) is 5.57 Å². The topological polar surface area (TPSA) is 52.5 Å². The number of thiophene rings is 1. The highest BCUT2D eigenvalue weighted by Crippen LogP contribution is 2.38. The highest BCUT2D eigenvalue weighted by molar-refractivity contribution is 7.15. The molecule has 0 spiro atoms. The Morgan fingerprint density at radius 2 is 1.79 bits per heavy atom. The van der Waals surface area contributed by atoms with Crippen LogP contribution in [-0.4, -0.2) is 4.57 Å². The maximum atomic E-state index is 9.86. The molecular weight excluding hydrogens is 374 g/mol. The zero-order chi connectivity index (χ0) is 20.5. The third kappa shape index (κ3) is 3.41. The van der Waals surface area contributed by atoms with Crippen molar-refractivity contribution >= 4 is 23.0 Å². The number of hydrogen-bond acceptors (Lipinski definition) is 3. The van der Waals surface area contributed by atoms with Gasteiger partial charge in [0.2, 0.25) is 0 Å². The molecule has 29 heavy (non-hydrogen) atoms. The molecule has 2 aromatic heterocycles. The number of nitrogens with zero attached hydrogens (tertiary/aromatic N) is 3. The fourth-order valence-electron chi connectivity index (χ4n) is 4.14. The first kappa shape index (κ1) is 19.2. The second kappa shape index (κ2) is 7.74. The number of aryl methyl sites for hydroxylation is 3. The molecule has 144 valence electrons. The number of hydrogen-bond donors (Lipinski definition) is 0. The Morgan fingerprint density at radius 1 is 1.07 bits per heavy atom. The number of fused-ring (bicyclic) bond motifs is 1. The molecule has 1 aliphatic rings. The average Bonchev–Trinajstić information content (AvgIpc) is 3.22. The number of allylic oxidation sites excluding steroid dienone is 1. The van der Waals surface area contributed by atoms with Gasteiger partial charge in [-0.1, -0.05) is 29.8 Å². The van der Waals surface area contributed by atoms with E-state index in [1.165, 1.54) is 22.4 Å². The van der Waals surface area contributed by atoms with Crippen LogP contribution >= 0.6 is 11.3 Å². The van der Waals surface area contributed by atoms with E-state index in [0.717, 1.165) is 52.3 Å². The lowest BCUT2D eigenvalue weighted by Crippen LogP contribution is -2.02. The van der Waals surface area contributed by atoms with Gasteiger partial charge < -0.3 is 4.57 Å². The van der Waals surface area contributed by atoms with E-state index in [1.807, 2.05) is 37.3 Å². The number of rotatable bonds is 3. The summed E-state index contributed by atoms with van der Waals surface area (Å²) in [5.74, 6) is 0. The van der Waals surface area contributed by atoms with Crippen molar-refractivity contribution in [1.29, 1.82) is 10.5 Å². The summed E-state index contributed by atoms with van der Waals surface area (Å²) in [5, 5.41) is 20.6. The van der Waals surface area contributed by atoms with Crippen LogP contribution in [0.4, 0.5) is 0 Å². The van der Waals surface area contributed by atoms with Crippen LogP contribution in [-0.2, 0) is 12.8 Å². The van der Waals surface area contributed by atoms with Crippen LogP contribution in [0.5, 0.6) is 0 Å². The van der Waals surface area contributed by atoms with Crippen LogP contribution in [0, 0.1) is 43.4 Å². The summed E-state index contributed by atoms with van der Waals surface area (Å²) in [4.78, 5) is 1.37. The number of aromatic nitrogens is 1. The van der Waals surface area contributed by atoms with Crippen molar-refractivity contribution < 1.29 is 0 Å². The van der Waals surface area contributed by atoms with Crippen molar-refractivity contribution in [2.45, 2.75) is 46.5 Å². The molecular formula is C25H23N3S. The Hall–Kier alpha value is -3.08. The first-order valence-corrected chi connectivity index (χ1v) is 10.8. The first-order chi connectivity index (χ1) is 14.0. The van der Waals surface area contributed by atoms with Gasteiger partial charge in [0.1, 0.15) is 11.1 Å². The summed E-state index contributed by atoms with van der Waals surface area (Å²) in [6, 6.07) is 15.0. The van der Waals surface area contributed by atoms with E-state index in [9.17, 15) is 10.5 Å². The summed E-state index contributed by atoms with van der Waals surface area (Å²) in [5.41, 5.74) is 8.01. The summed E-state index contributed by atoms with van der Waals surface area (Å²) in [6.07, 6.45) is 6.41. The largest absolute Gasteiger partial charge is 0.308 e. The van der Waals surface area contributed by atoms with Gasteiger partial charge >= 0.3 is 0 Å². The fraction of sp³-hybridized carbons (Fsp3) is 0.280. The van der Waals surface area contributed by atoms with E-state index in [2.05, 4.69) is 36.6 Å². The van der Waals surface area contributed by atoms with Gasteiger partial charge in [-0.3, -0.25) is 0 Å². The zero-order valence-corrected chi connectivity index (χ0v) is 17.9. The molecule has 0 amide bonds. The van der Waals surface area contributed by atoms with Gasteiger partial charge in [-0.05, 0) is 75.3 Å². The molecule has 3 aromatic rings. The van der Waals surface area contributed by atoms with Gasteiger partial charge in [-0.25, -0.2) is 0 Å². The van der Waals surface area contributed by atoms with E-state index >= 15 is 0 Å². The van der Waals surface area contributed by atoms with Gasteiger partial charge in [0, 0.05) is 16.3 Å². The third-order valence-corrected chi connectivity index (χ3v) is 7.00. The summed E-state index contributed by atoms with van der Waals surface area (Å²) in [6.45, 7) is 6.19. The molecule has 0 bridgehead atoms. The molecule has 0 fully saturated rings. The maximum Gasteiger partial charge on any atom is 0.118 e. The Labute approximate surface area is 176 Å². The normalized spacial score (nSPS) is 13.6. The highest BCUT2D eigenvalue weighted by atomic mass is 32.1.